The second kappa shape index (κ2) is 3.72. The van der Waals surface area contributed by atoms with Crippen LogP contribution in [0.5, 0.6) is 0 Å². The van der Waals surface area contributed by atoms with Crippen LogP contribution in [0.25, 0.3) is 6.08 Å². The lowest BCUT2D eigenvalue weighted by Crippen LogP contribution is -2.31. The molecule has 82 valence electrons. The lowest BCUT2D eigenvalue weighted by atomic mass is 9.65. The molecule has 3 heteroatoms. The first kappa shape index (κ1) is 10.3. The van der Waals surface area contributed by atoms with Crippen molar-refractivity contribution in [3.05, 3.63) is 27.9 Å². The number of aromatic amines is 2. The van der Waals surface area contributed by atoms with E-state index in [0.717, 1.165) is 11.4 Å². The van der Waals surface area contributed by atoms with Gasteiger partial charge in [0.2, 0.25) is 0 Å². The summed E-state index contributed by atoms with van der Waals surface area (Å²) in [7, 11) is 0. The molecule has 2 rings (SSSR count). The van der Waals surface area contributed by atoms with E-state index in [1.165, 1.54) is 6.42 Å². The van der Waals surface area contributed by atoms with Crippen LogP contribution in [0.1, 0.15) is 44.5 Å². The molecule has 1 fully saturated rings. The van der Waals surface area contributed by atoms with Gasteiger partial charge in [0.25, 0.3) is 0 Å². The summed E-state index contributed by atoms with van der Waals surface area (Å²) < 4.78 is 0. The van der Waals surface area contributed by atoms with Gasteiger partial charge in [0.15, 0.2) is 0 Å². The molecule has 2 N–H and O–H groups in total. The van der Waals surface area contributed by atoms with Crippen molar-refractivity contribution in [3.8, 4) is 0 Å². The fraction of sp³-hybridized carbons (Fsp3) is 0.583. The summed E-state index contributed by atoms with van der Waals surface area (Å²) >= 11 is 0. The minimum absolute atomic E-state index is 0.0931. The Bertz CT molecular complexity index is 419. The van der Waals surface area contributed by atoms with E-state index < -0.39 is 0 Å². The highest BCUT2D eigenvalue weighted by atomic mass is 16.1. The molecular formula is C12H18N2O. The third-order valence-electron chi connectivity index (χ3n) is 3.42. The molecule has 1 aliphatic carbocycles. The zero-order chi connectivity index (χ0) is 11.0. The van der Waals surface area contributed by atoms with Crippen LogP contribution in [0.15, 0.2) is 10.9 Å². The maximum absolute atomic E-state index is 11.3. The molecule has 2 unspecified atom stereocenters. The lowest BCUT2D eigenvalue weighted by Gasteiger charge is -2.40. The van der Waals surface area contributed by atoms with E-state index in [9.17, 15) is 4.79 Å². The number of aromatic nitrogens is 2. The molecule has 1 heterocycles. The number of allylic oxidation sites excluding steroid dienone is 1. The predicted molar refractivity (Wildman–Crippen MR) is 61.8 cm³/mol. The zero-order valence-electron chi connectivity index (χ0n) is 9.50. The topological polar surface area (TPSA) is 48.6 Å². The Morgan fingerprint density at radius 1 is 1.27 bits per heavy atom. The molecular weight excluding hydrogens is 188 g/mol. The molecule has 0 aromatic carbocycles. The van der Waals surface area contributed by atoms with Gasteiger partial charge in [-0.05, 0) is 31.3 Å². The molecule has 1 aromatic rings. The van der Waals surface area contributed by atoms with Gasteiger partial charge in [-0.1, -0.05) is 19.9 Å². The SMILES string of the molecule is C/C=C\c1[nH]c(=O)[nH]c1C1C(C)CC1C. The minimum Gasteiger partial charge on any atom is -0.309 e. The molecule has 0 amide bonds. The standard InChI is InChI=1S/C12H18N2O/c1-4-5-9-11(14-12(15)13-9)10-7(2)6-8(10)3/h4-5,7-8,10H,6H2,1-3H3,(H2,13,14,15)/b5-4-. The molecule has 0 spiro atoms. The molecule has 15 heavy (non-hydrogen) atoms. The Balaban J connectivity index is 2.38. The van der Waals surface area contributed by atoms with Gasteiger partial charge in [-0.3, -0.25) is 0 Å². The van der Waals surface area contributed by atoms with Crippen LogP contribution in [0.3, 0.4) is 0 Å². The van der Waals surface area contributed by atoms with Gasteiger partial charge in [-0.25, -0.2) is 4.79 Å². The molecule has 1 saturated carbocycles. The van der Waals surface area contributed by atoms with Crippen LogP contribution in [-0.4, -0.2) is 9.97 Å². The number of imidazole rings is 1. The highest BCUT2D eigenvalue weighted by Crippen LogP contribution is 2.47. The summed E-state index contributed by atoms with van der Waals surface area (Å²) in [6.07, 6.45) is 5.18. The van der Waals surface area contributed by atoms with Crippen LogP contribution in [0, 0.1) is 11.8 Å². The second-order valence-corrected chi connectivity index (χ2v) is 4.62. The molecule has 2 atom stereocenters. The van der Waals surface area contributed by atoms with Crippen LogP contribution in [-0.2, 0) is 0 Å². The first-order chi connectivity index (χ1) is 7.13. The van der Waals surface area contributed by atoms with E-state index >= 15 is 0 Å². The van der Waals surface area contributed by atoms with E-state index in [1.54, 1.807) is 0 Å². The van der Waals surface area contributed by atoms with Gasteiger partial charge in [-0.2, -0.15) is 0 Å². The first-order valence-corrected chi connectivity index (χ1v) is 5.58. The third kappa shape index (κ3) is 1.66. The Labute approximate surface area is 89.6 Å². The maximum atomic E-state index is 11.3. The van der Waals surface area contributed by atoms with Crippen molar-refractivity contribution in [2.75, 3.05) is 0 Å². The molecule has 3 nitrogen and oxygen atoms in total. The maximum Gasteiger partial charge on any atom is 0.323 e. The number of hydrogen-bond acceptors (Lipinski definition) is 1. The number of hydrogen-bond donors (Lipinski definition) is 2. The number of rotatable bonds is 2. The molecule has 0 aliphatic heterocycles. The molecule has 0 bridgehead atoms. The minimum atomic E-state index is -0.0931. The summed E-state index contributed by atoms with van der Waals surface area (Å²) in [5, 5.41) is 0. The summed E-state index contributed by atoms with van der Waals surface area (Å²) in [5.41, 5.74) is 1.94. The van der Waals surface area contributed by atoms with Crippen molar-refractivity contribution in [2.45, 2.75) is 33.1 Å². The van der Waals surface area contributed by atoms with Crippen LogP contribution < -0.4 is 5.69 Å². The summed E-state index contributed by atoms with van der Waals surface area (Å²) in [6, 6.07) is 0. The van der Waals surface area contributed by atoms with Gasteiger partial charge in [0, 0.05) is 11.6 Å². The van der Waals surface area contributed by atoms with Gasteiger partial charge in [0.1, 0.15) is 0 Å². The first-order valence-electron chi connectivity index (χ1n) is 5.58. The van der Waals surface area contributed by atoms with E-state index in [-0.39, 0.29) is 5.69 Å². The van der Waals surface area contributed by atoms with Crippen molar-refractivity contribution in [1.82, 2.24) is 9.97 Å². The fourth-order valence-electron chi connectivity index (χ4n) is 2.79. The Morgan fingerprint density at radius 3 is 2.47 bits per heavy atom. The molecule has 0 saturated heterocycles. The predicted octanol–water partition coefficient (Wildman–Crippen LogP) is 2.50. The number of nitrogens with one attached hydrogen (secondary N) is 2. The third-order valence-corrected chi connectivity index (χ3v) is 3.42. The molecule has 1 aromatic heterocycles. The average Bonchev–Trinajstić information content (AvgIpc) is 2.47. The van der Waals surface area contributed by atoms with E-state index in [1.807, 2.05) is 19.1 Å². The van der Waals surface area contributed by atoms with Gasteiger partial charge in [-0.15, -0.1) is 0 Å². The normalized spacial score (nSPS) is 30.7. The van der Waals surface area contributed by atoms with Crippen molar-refractivity contribution >= 4 is 6.08 Å². The fourth-order valence-corrected chi connectivity index (χ4v) is 2.79. The second-order valence-electron chi connectivity index (χ2n) is 4.62. The van der Waals surface area contributed by atoms with Crippen LogP contribution >= 0.6 is 0 Å². The van der Waals surface area contributed by atoms with E-state index in [2.05, 4.69) is 23.8 Å². The summed E-state index contributed by atoms with van der Waals surface area (Å²) in [4.78, 5) is 17.1. The van der Waals surface area contributed by atoms with Crippen molar-refractivity contribution < 1.29 is 0 Å². The highest BCUT2D eigenvalue weighted by Gasteiger charge is 2.37. The van der Waals surface area contributed by atoms with Crippen molar-refractivity contribution in [2.24, 2.45) is 11.8 Å². The monoisotopic (exact) mass is 206 g/mol. The van der Waals surface area contributed by atoms with Gasteiger partial charge < -0.3 is 9.97 Å². The van der Waals surface area contributed by atoms with Crippen molar-refractivity contribution in [1.29, 1.82) is 0 Å². The highest BCUT2D eigenvalue weighted by molar-refractivity contribution is 5.48. The Hall–Kier alpha value is -1.25. The molecule has 0 radical (unpaired) electrons. The number of H-pyrrole nitrogens is 2. The van der Waals surface area contributed by atoms with E-state index in [0.29, 0.717) is 17.8 Å². The Kier molecular flexibility index (Phi) is 2.55. The van der Waals surface area contributed by atoms with Gasteiger partial charge >= 0.3 is 5.69 Å². The van der Waals surface area contributed by atoms with E-state index in [4.69, 9.17) is 0 Å². The summed E-state index contributed by atoms with van der Waals surface area (Å²) in [6.45, 7) is 6.45. The average molecular weight is 206 g/mol. The van der Waals surface area contributed by atoms with Gasteiger partial charge in [0.05, 0.1) is 5.69 Å². The Morgan fingerprint density at radius 2 is 1.93 bits per heavy atom. The largest absolute Gasteiger partial charge is 0.323 e. The summed E-state index contributed by atoms with van der Waals surface area (Å²) in [5.74, 6) is 1.86. The molecule has 1 aliphatic rings. The smallest absolute Gasteiger partial charge is 0.309 e. The van der Waals surface area contributed by atoms with Crippen LogP contribution in [0.4, 0.5) is 0 Å². The quantitative estimate of drug-likeness (QED) is 0.767. The zero-order valence-corrected chi connectivity index (χ0v) is 9.50. The lowest BCUT2D eigenvalue weighted by molar-refractivity contribution is 0.172. The van der Waals surface area contributed by atoms with Crippen molar-refractivity contribution in [3.63, 3.8) is 0 Å². The van der Waals surface area contributed by atoms with Crippen LogP contribution in [0.2, 0.25) is 0 Å².